The molecule has 0 aliphatic heterocycles. The zero-order valence-corrected chi connectivity index (χ0v) is 8.90. The molecule has 0 atom stereocenters. The van der Waals surface area contributed by atoms with Crippen LogP contribution in [0.15, 0.2) is 4.79 Å². The quantitative estimate of drug-likeness (QED) is 0.697. The Labute approximate surface area is 78.2 Å². The molecule has 4 heteroatoms. The Morgan fingerprint density at radius 2 is 1.69 bits per heavy atom. The minimum atomic E-state index is -0.0116. The van der Waals surface area contributed by atoms with E-state index in [4.69, 9.17) is 0 Å². The minimum absolute atomic E-state index is 0.0116. The molecule has 74 valence electrons. The van der Waals surface area contributed by atoms with Gasteiger partial charge in [0.1, 0.15) is 5.82 Å². The van der Waals surface area contributed by atoms with E-state index >= 15 is 0 Å². The molecule has 4 nitrogen and oxygen atoms in total. The van der Waals surface area contributed by atoms with Gasteiger partial charge in [-0.2, -0.15) is 5.10 Å². The lowest BCUT2D eigenvalue weighted by atomic mass is 10.4. The van der Waals surface area contributed by atoms with Gasteiger partial charge in [-0.05, 0) is 34.6 Å². The van der Waals surface area contributed by atoms with Crippen molar-refractivity contribution in [3.05, 3.63) is 16.3 Å². The van der Waals surface area contributed by atoms with Gasteiger partial charge in [-0.15, -0.1) is 0 Å². The van der Waals surface area contributed by atoms with E-state index in [9.17, 15) is 4.79 Å². The Hall–Kier alpha value is -1.06. The van der Waals surface area contributed by atoms with E-state index in [1.807, 2.05) is 34.6 Å². The molecule has 0 unspecified atom stereocenters. The van der Waals surface area contributed by atoms with E-state index in [2.05, 4.69) is 5.10 Å². The molecule has 0 aromatic carbocycles. The highest BCUT2D eigenvalue weighted by molar-refractivity contribution is 4.86. The van der Waals surface area contributed by atoms with Crippen molar-refractivity contribution >= 4 is 0 Å². The summed E-state index contributed by atoms with van der Waals surface area (Å²) in [5, 5.41) is 4.20. The van der Waals surface area contributed by atoms with Crippen LogP contribution in [0.25, 0.3) is 0 Å². The van der Waals surface area contributed by atoms with Crippen LogP contribution in [0, 0.1) is 6.92 Å². The molecule has 0 N–H and O–H groups in total. The molecule has 13 heavy (non-hydrogen) atoms. The molecule has 0 saturated carbocycles. The third-order valence-corrected chi connectivity index (χ3v) is 2.01. The van der Waals surface area contributed by atoms with Crippen LogP contribution in [-0.4, -0.2) is 14.3 Å². The van der Waals surface area contributed by atoms with Crippen LogP contribution >= 0.6 is 0 Å². The summed E-state index contributed by atoms with van der Waals surface area (Å²) >= 11 is 0. The SMILES string of the molecule is Cc1nn(C(C)C)c(=O)n1C(C)C. The number of aryl methyl sites for hydroxylation is 1. The lowest BCUT2D eigenvalue weighted by Gasteiger charge is -2.05. The normalized spacial score (nSPS) is 11.6. The van der Waals surface area contributed by atoms with Gasteiger partial charge in [0.25, 0.3) is 0 Å². The second kappa shape index (κ2) is 3.36. The van der Waals surface area contributed by atoms with Crippen molar-refractivity contribution in [1.29, 1.82) is 0 Å². The van der Waals surface area contributed by atoms with Crippen molar-refractivity contribution in [2.24, 2.45) is 0 Å². The lowest BCUT2D eigenvalue weighted by Crippen LogP contribution is -2.27. The Kier molecular flexibility index (Phi) is 2.59. The van der Waals surface area contributed by atoms with Gasteiger partial charge in [0.2, 0.25) is 0 Å². The second-order valence-electron chi connectivity index (χ2n) is 3.83. The third-order valence-electron chi connectivity index (χ3n) is 2.01. The zero-order valence-electron chi connectivity index (χ0n) is 8.90. The molecule has 0 fully saturated rings. The summed E-state index contributed by atoms with van der Waals surface area (Å²) in [7, 11) is 0. The highest BCUT2D eigenvalue weighted by atomic mass is 16.2. The first-order chi connectivity index (χ1) is 5.95. The maximum Gasteiger partial charge on any atom is 0.346 e. The summed E-state index contributed by atoms with van der Waals surface area (Å²) in [5.74, 6) is 0.786. The molecule has 0 spiro atoms. The van der Waals surface area contributed by atoms with Gasteiger partial charge in [0, 0.05) is 6.04 Å². The van der Waals surface area contributed by atoms with Crippen LogP contribution in [0.5, 0.6) is 0 Å². The Balaban J connectivity index is 3.31. The summed E-state index contributed by atoms with van der Waals surface area (Å²) in [5.41, 5.74) is -0.0116. The summed E-state index contributed by atoms with van der Waals surface area (Å²) in [4.78, 5) is 11.7. The molecule has 1 aromatic heterocycles. The number of hydrogen-bond acceptors (Lipinski definition) is 2. The van der Waals surface area contributed by atoms with Crippen molar-refractivity contribution in [2.45, 2.75) is 46.7 Å². The highest BCUT2D eigenvalue weighted by Crippen LogP contribution is 2.05. The van der Waals surface area contributed by atoms with Gasteiger partial charge in [0.05, 0.1) is 6.04 Å². The van der Waals surface area contributed by atoms with Gasteiger partial charge in [-0.1, -0.05) is 0 Å². The van der Waals surface area contributed by atoms with Gasteiger partial charge in [-0.25, -0.2) is 9.48 Å². The average molecular weight is 183 g/mol. The molecule has 0 bridgehead atoms. The van der Waals surface area contributed by atoms with Crippen molar-refractivity contribution in [3.63, 3.8) is 0 Å². The predicted molar refractivity (Wildman–Crippen MR) is 52.0 cm³/mol. The smallest absolute Gasteiger partial charge is 0.277 e. The largest absolute Gasteiger partial charge is 0.346 e. The molecule has 0 amide bonds. The standard InChI is InChI=1S/C9H17N3O/c1-6(2)11-8(5)10-12(7(3)4)9(11)13/h6-7H,1-5H3. The maximum absolute atomic E-state index is 11.7. The van der Waals surface area contributed by atoms with Crippen molar-refractivity contribution in [2.75, 3.05) is 0 Å². The van der Waals surface area contributed by atoms with Crippen LogP contribution in [0.1, 0.15) is 45.6 Å². The maximum atomic E-state index is 11.7. The van der Waals surface area contributed by atoms with Crippen molar-refractivity contribution in [1.82, 2.24) is 14.3 Å². The van der Waals surface area contributed by atoms with E-state index in [0.29, 0.717) is 0 Å². The predicted octanol–water partition coefficient (Wildman–Crippen LogP) is 1.52. The van der Waals surface area contributed by atoms with Crippen LogP contribution in [-0.2, 0) is 0 Å². The average Bonchev–Trinajstić information content (AvgIpc) is 2.26. The van der Waals surface area contributed by atoms with E-state index in [0.717, 1.165) is 5.82 Å². The molecule has 1 aromatic rings. The number of aromatic nitrogens is 3. The molecular weight excluding hydrogens is 166 g/mol. The van der Waals surface area contributed by atoms with Crippen LogP contribution < -0.4 is 5.69 Å². The van der Waals surface area contributed by atoms with Crippen LogP contribution in [0.3, 0.4) is 0 Å². The molecule has 0 saturated heterocycles. The van der Waals surface area contributed by atoms with E-state index in [1.54, 1.807) is 4.57 Å². The summed E-state index contributed by atoms with van der Waals surface area (Å²) in [6.45, 7) is 9.75. The third kappa shape index (κ3) is 1.66. The zero-order chi connectivity index (χ0) is 10.2. The first-order valence-corrected chi connectivity index (χ1v) is 4.62. The van der Waals surface area contributed by atoms with Crippen molar-refractivity contribution < 1.29 is 0 Å². The van der Waals surface area contributed by atoms with E-state index in [-0.39, 0.29) is 17.8 Å². The number of rotatable bonds is 2. The van der Waals surface area contributed by atoms with E-state index < -0.39 is 0 Å². The van der Waals surface area contributed by atoms with E-state index in [1.165, 1.54) is 4.68 Å². The molecule has 0 aliphatic rings. The number of nitrogens with zero attached hydrogens (tertiary/aromatic N) is 3. The summed E-state index contributed by atoms with van der Waals surface area (Å²) < 4.78 is 3.23. The first kappa shape index (κ1) is 10.0. The Morgan fingerprint density at radius 1 is 1.15 bits per heavy atom. The molecule has 1 heterocycles. The fourth-order valence-electron chi connectivity index (χ4n) is 1.43. The fraction of sp³-hybridized carbons (Fsp3) is 0.778. The summed E-state index contributed by atoms with van der Waals surface area (Å²) in [6.07, 6.45) is 0. The van der Waals surface area contributed by atoms with Crippen molar-refractivity contribution in [3.8, 4) is 0 Å². The van der Waals surface area contributed by atoms with Gasteiger partial charge >= 0.3 is 5.69 Å². The van der Waals surface area contributed by atoms with Gasteiger partial charge < -0.3 is 0 Å². The molecule has 1 rings (SSSR count). The molecule has 0 radical (unpaired) electrons. The van der Waals surface area contributed by atoms with Gasteiger partial charge in [-0.3, -0.25) is 4.57 Å². The van der Waals surface area contributed by atoms with Gasteiger partial charge in [0.15, 0.2) is 0 Å². The fourth-order valence-corrected chi connectivity index (χ4v) is 1.43. The molecule has 0 aliphatic carbocycles. The monoisotopic (exact) mass is 183 g/mol. The first-order valence-electron chi connectivity index (χ1n) is 4.62. The molecular formula is C9H17N3O. The second-order valence-corrected chi connectivity index (χ2v) is 3.83. The number of hydrogen-bond donors (Lipinski definition) is 0. The lowest BCUT2D eigenvalue weighted by molar-refractivity contribution is 0.491. The Morgan fingerprint density at radius 3 is 1.92 bits per heavy atom. The topological polar surface area (TPSA) is 39.8 Å². The van der Waals surface area contributed by atoms with Crippen LogP contribution in [0.2, 0.25) is 0 Å². The Bertz CT molecular complexity index is 346. The highest BCUT2D eigenvalue weighted by Gasteiger charge is 2.13. The minimum Gasteiger partial charge on any atom is -0.277 e. The van der Waals surface area contributed by atoms with Crippen LogP contribution in [0.4, 0.5) is 0 Å². The summed E-state index contributed by atoms with van der Waals surface area (Å²) in [6, 6.07) is 0.311.